The van der Waals surface area contributed by atoms with Crippen LogP contribution in [0.5, 0.6) is 0 Å². The Hall–Kier alpha value is -1.28. The molecule has 1 saturated heterocycles. The van der Waals surface area contributed by atoms with E-state index in [1.807, 2.05) is 37.3 Å². The highest BCUT2D eigenvalue weighted by atomic mass is 32.1. The summed E-state index contributed by atoms with van der Waals surface area (Å²) in [5, 5.41) is 11.5. The summed E-state index contributed by atoms with van der Waals surface area (Å²) in [6.45, 7) is 10.8. The first-order valence-electron chi connectivity index (χ1n) is 11.7. The normalized spacial score (nSPS) is 19.7. The molecule has 0 radical (unpaired) electrons. The largest absolute Gasteiger partial charge is 0.468 e. The number of carbonyl (C=O) groups is 1. The van der Waals surface area contributed by atoms with Crippen molar-refractivity contribution in [3.8, 4) is 0 Å². The Bertz CT molecular complexity index is 705. The van der Waals surface area contributed by atoms with Crippen molar-refractivity contribution in [2.75, 3.05) is 6.61 Å². The summed E-state index contributed by atoms with van der Waals surface area (Å²) < 4.78 is 12.1. The van der Waals surface area contributed by atoms with E-state index in [1.54, 1.807) is 4.90 Å². The van der Waals surface area contributed by atoms with Gasteiger partial charge in [0.05, 0.1) is 24.2 Å². The van der Waals surface area contributed by atoms with Crippen LogP contribution in [0.2, 0.25) is 18.1 Å². The van der Waals surface area contributed by atoms with E-state index in [-0.39, 0.29) is 17.1 Å². The molecule has 31 heavy (non-hydrogen) atoms. The monoisotopic (exact) mass is 465 g/mol. The molecule has 1 aromatic carbocycles. The first-order chi connectivity index (χ1) is 14.8. The highest BCUT2D eigenvalue weighted by Gasteiger charge is 2.43. The Kier molecular flexibility index (Phi) is 10.1. The molecule has 4 atom stereocenters. The minimum absolute atomic E-state index is 0.162. The van der Waals surface area contributed by atoms with Crippen molar-refractivity contribution in [2.45, 2.75) is 90.3 Å². The molecule has 0 unspecified atom stereocenters. The van der Waals surface area contributed by atoms with Crippen LogP contribution >= 0.6 is 12.2 Å². The molecule has 0 aromatic heterocycles. The molecule has 0 saturated carbocycles. The molecular weight excluding hydrogens is 426 g/mol. The van der Waals surface area contributed by atoms with Crippen molar-refractivity contribution < 1.29 is 19.1 Å². The number of rotatable bonds is 12. The summed E-state index contributed by atoms with van der Waals surface area (Å²) in [6, 6.07) is 12.6. The smallest absolute Gasteiger partial charge is 0.266 e. The van der Waals surface area contributed by atoms with Gasteiger partial charge in [-0.15, -0.1) is 0 Å². The lowest BCUT2D eigenvalue weighted by Gasteiger charge is -2.37. The summed E-state index contributed by atoms with van der Waals surface area (Å²) in [6.07, 6.45) is 1.13. The molecule has 0 aliphatic carbocycles. The molecule has 1 aliphatic rings. The molecule has 1 heterocycles. The molecule has 0 spiro atoms. The number of amides is 1. The molecule has 1 aliphatic heterocycles. The summed E-state index contributed by atoms with van der Waals surface area (Å²) in [5.74, 6) is -0.734. The number of hydrogen-bond acceptors (Lipinski definition) is 5. The van der Waals surface area contributed by atoms with Gasteiger partial charge < -0.3 is 14.3 Å². The zero-order chi connectivity index (χ0) is 23.0. The molecule has 1 N–H and O–H groups in total. The van der Waals surface area contributed by atoms with Crippen LogP contribution in [-0.4, -0.2) is 48.2 Å². The maximum absolute atomic E-state index is 13.7. The van der Waals surface area contributed by atoms with E-state index in [0.717, 1.165) is 36.5 Å². The number of unbranched alkanes of at least 4 members (excludes halogenated alkanes) is 1. The molecule has 1 aromatic rings. The average molecular weight is 466 g/mol. The van der Waals surface area contributed by atoms with Crippen LogP contribution in [0, 0.1) is 5.92 Å². The van der Waals surface area contributed by atoms with Crippen molar-refractivity contribution in [3.05, 3.63) is 35.9 Å². The maximum atomic E-state index is 13.7. The number of carbonyl (C=O) groups excluding carboxylic acids is 1. The molecule has 1 fully saturated rings. The number of aliphatic hydroxyl groups is 1. The van der Waals surface area contributed by atoms with E-state index < -0.39 is 26.4 Å². The van der Waals surface area contributed by atoms with Crippen LogP contribution < -0.4 is 0 Å². The fourth-order valence-electron chi connectivity index (χ4n) is 4.42. The van der Waals surface area contributed by atoms with Crippen LogP contribution in [-0.2, 0) is 14.0 Å². The van der Waals surface area contributed by atoms with Crippen LogP contribution in [0.25, 0.3) is 0 Å². The van der Waals surface area contributed by atoms with Gasteiger partial charge in [0.2, 0.25) is 5.91 Å². The Morgan fingerprint density at radius 1 is 1.23 bits per heavy atom. The lowest BCUT2D eigenvalue weighted by atomic mass is 9.91. The van der Waals surface area contributed by atoms with Crippen LogP contribution in [0.1, 0.15) is 65.5 Å². The van der Waals surface area contributed by atoms with Crippen molar-refractivity contribution in [1.82, 2.24) is 4.90 Å². The zero-order valence-electron chi connectivity index (χ0n) is 19.7. The molecule has 174 valence electrons. The lowest BCUT2D eigenvalue weighted by molar-refractivity contribution is -0.139. The highest BCUT2D eigenvalue weighted by Crippen LogP contribution is 2.33. The van der Waals surface area contributed by atoms with Crippen LogP contribution in [0.3, 0.4) is 0 Å². The van der Waals surface area contributed by atoms with Gasteiger partial charge in [-0.25, -0.2) is 0 Å². The van der Waals surface area contributed by atoms with Crippen molar-refractivity contribution >= 4 is 31.6 Å². The van der Waals surface area contributed by atoms with Crippen molar-refractivity contribution in [3.63, 3.8) is 0 Å². The second kappa shape index (κ2) is 12.1. The quantitative estimate of drug-likeness (QED) is 0.329. The topological polar surface area (TPSA) is 59.0 Å². The molecule has 1 amide bonds. The van der Waals surface area contributed by atoms with Gasteiger partial charge in [-0.05, 0) is 49.3 Å². The average Bonchev–Trinajstić information content (AvgIpc) is 3.19. The predicted octanol–water partition coefficient (Wildman–Crippen LogP) is 5.45. The fourth-order valence-corrected chi connectivity index (χ4v) is 7.63. The van der Waals surface area contributed by atoms with Gasteiger partial charge >= 0.3 is 0 Å². The van der Waals surface area contributed by atoms with Gasteiger partial charge in [-0.3, -0.25) is 9.69 Å². The van der Waals surface area contributed by atoms with Gasteiger partial charge in [0.25, 0.3) is 5.17 Å². The van der Waals surface area contributed by atoms with E-state index in [0.29, 0.717) is 13.0 Å². The van der Waals surface area contributed by atoms with E-state index in [4.69, 9.17) is 21.4 Å². The van der Waals surface area contributed by atoms with E-state index in [9.17, 15) is 9.90 Å². The third-order valence-electron chi connectivity index (χ3n) is 6.74. The van der Waals surface area contributed by atoms with Gasteiger partial charge in [0.15, 0.2) is 8.32 Å². The Morgan fingerprint density at radius 3 is 2.39 bits per heavy atom. The summed E-state index contributed by atoms with van der Waals surface area (Å²) >= 11 is 5.40. The summed E-state index contributed by atoms with van der Waals surface area (Å²) in [5.41, 5.74) is 0.984. The Labute approximate surface area is 194 Å². The number of nitrogens with zero attached hydrogens (tertiary/aromatic N) is 1. The van der Waals surface area contributed by atoms with Gasteiger partial charge in [0, 0.05) is 0 Å². The molecule has 0 bridgehead atoms. The summed E-state index contributed by atoms with van der Waals surface area (Å²) in [7, 11) is -1.90. The highest BCUT2D eigenvalue weighted by molar-refractivity contribution is 7.80. The standard InChI is InChI=1S/C24H39NO4SSi/c1-6-10-16-20(22(26)18(5)29-31(7-2,8-3)9-4)23(27)25-21(17-28-24(25)30)19-14-12-11-13-15-19/h11-15,18,20-22,26H,6-10,16-17H2,1-5H3/t18-,20+,21-,22-/m0/s1. The molecular formula is C24H39NO4SSi. The summed E-state index contributed by atoms with van der Waals surface area (Å²) in [4.78, 5) is 15.3. The van der Waals surface area contributed by atoms with Crippen molar-refractivity contribution in [2.24, 2.45) is 5.92 Å². The fraction of sp³-hybridized carbons (Fsp3) is 0.667. The minimum Gasteiger partial charge on any atom is -0.468 e. The number of ether oxygens (including phenoxy) is 1. The first kappa shape index (κ1) is 26.0. The number of thiocarbonyl (C=S) groups is 1. The Morgan fingerprint density at radius 2 is 1.84 bits per heavy atom. The van der Waals surface area contributed by atoms with Gasteiger partial charge in [-0.1, -0.05) is 70.9 Å². The van der Waals surface area contributed by atoms with E-state index >= 15 is 0 Å². The number of benzene rings is 1. The second-order valence-electron chi connectivity index (χ2n) is 8.52. The van der Waals surface area contributed by atoms with Gasteiger partial charge in [-0.2, -0.15) is 0 Å². The molecule has 2 rings (SSSR count). The first-order valence-corrected chi connectivity index (χ1v) is 14.7. The third kappa shape index (κ3) is 6.15. The predicted molar refractivity (Wildman–Crippen MR) is 131 cm³/mol. The van der Waals surface area contributed by atoms with Crippen LogP contribution in [0.4, 0.5) is 0 Å². The van der Waals surface area contributed by atoms with E-state index in [1.165, 1.54) is 0 Å². The number of hydrogen-bond donors (Lipinski definition) is 1. The number of aliphatic hydroxyl groups excluding tert-OH is 1. The molecule has 7 heteroatoms. The third-order valence-corrected chi connectivity index (χ3v) is 11.8. The zero-order valence-corrected chi connectivity index (χ0v) is 21.5. The minimum atomic E-state index is -1.90. The maximum Gasteiger partial charge on any atom is 0.266 e. The van der Waals surface area contributed by atoms with Gasteiger partial charge in [0.1, 0.15) is 6.61 Å². The van der Waals surface area contributed by atoms with Crippen LogP contribution in [0.15, 0.2) is 30.3 Å². The lowest BCUT2D eigenvalue weighted by Crippen LogP contribution is -2.49. The van der Waals surface area contributed by atoms with Crippen molar-refractivity contribution in [1.29, 1.82) is 0 Å². The Balaban J connectivity index is 2.27. The second-order valence-corrected chi connectivity index (χ2v) is 13.6. The van der Waals surface area contributed by atoms with E-state index in [2.05, 4.69) is 27.7 Å². The molecule has 5 nitrogen and oxygen atoms in total. The SMILES string of the molecule is CCCC[C@@H](C(=O)N1C(=S)OC[C@H]1c1ccccc1)[C@@H](O)[C@H](C)O[Si](CC)(CC)CC.